The van der Waals surface area contributed by atoms with Crippen LogP contribution in [0.1, 0.15) is 13.8 Å². The van der Waals surface area contributed by atoms with Crippen molar-refractivity contribution in [2.75, 3.05) is 19.8 Å². The predicted octanol–water partition coefficient (Wildman–Crippen LogP) is -0.647. The maximum atomic E-state index is 9.45. The lowest BCUT2D eigenvalue weighted by atomic mass is 10.0. The van der Waals surface area contributed by atoms with E-state index in [0.717, 1.165) is 0 Å². The maximum absolute atomic E-state index is 9.45. The summed E-state index contributed by atoms with van der Waals surface area (Å²) in [6.45, 7) is 5.10. The lowest BCUT2D eigenvalue weighted by molar-refractivity contribution is 0.116. The third-order valence-electron chi connectivity index (χ3n) is 2.48. The third kappa shape index (κ3) is 2.91. The molecule has 0 aliphatic carbocycles. The molecule has 0 radical (unpaired) electrons. The van der Waals surface area contributed by atoms with Crippen LogP contribution in [-0.4, -0.2) is 48.2 Å². The number of hydrogen-bond donors (Lipinski definition) is 3. The van der Waals surface area contributed by atoms with Crippen molar-refractivity contribution in [2.45, 2.75) is 32.0 Å². The van der Waals surface area contributed by atoms with Crippen molar-refractivity contribution in [3.8, 4) is 0 Å². The molecule has 0 spiro atoms. The first-order chi connectivity index (χ1) is 6.15. The van der Waals surface area contributed by atoms with E-state index in [1.54, 1.807) is 0 Å². The van der Waals surface area contributed by atoms with Crippen LogP contribution in [0.2, 0.25) is 0 Å². The van der Waals surface area contributed by atoms with E-state index in [0.29, 0.717) is 19.1 Å². The lowest BCUT2D eigenvalue weighted by Crippen LogP contribution is -2.48. The van der Waals surface area contributed by atoms with Gasteiger partial charge in [-0.2, -0.15) is 0 Å². The van der Waals surface area contributed by atoms with Crippen molar-refractivity contribution in [2.24, 2.45) is 5.92 Å². The molecular formula is C9H19NO3. The second-order valence-electron chi connectivity index (χ2n) is 3.91. The van der Waals surface area contributed by atoms with Crippen LogP contribution in [0.5, 0.6) is 0 Å². The van der Waals surface area contributed by atoms with Crippen molar-refractivity contribution in [1.82, 2.24) is 5.32 Å². The fourth-order valence-corrected chi connectivity index (χ4v) is 1.43. The summed E-state index contributed by atoms with van der Waals surface area (Å²) in [5.41, 5.74) is 0. The Bertz CT molecular complexity index is 152. The fourth-order valence-electron chi connectivity index (χ4n) is 1.43. The van der Waals surface area contributed by atoms with Crippen LogP contribution in [-0.2, 0) is 4.74 Å². The second kappa shape index (κ2) is 4.91. The molecule has 0 aromatic heterocycles. The van der Waals surface area contributed by atoms with Crippen molar-refractivity contribution in [3.05, 3.63) is 0 Å². The van der Waals surface area contributed by atoms with E-state index in [9.17, 15) is 5.11 Å². The van der Waals surface area contributed by atoms with E-state index in [1.165, 1.54) is 0 Å². The van der Waals surface area contributed by atoms with Gasteiger partial charge in [0.2, 0.25) is 0 Å². The van der Waals surface area contributed by atoms with Crippen molar-refractivity contribution < 1.29 is 14.9 Å². The van der Waals surface area contributed by atoms with Gasteiger partial charge in [0, 0.05) is 6.04 Å². The highest BCUT2D eigenvalue weighted by Crippen LogP contribution is 2.09. The molecule has 0 aromatic rings. The molecule has 2 unspecified atom stereocenters. The van der Waals surface area contributed by atoms with Gasteiger partial charge in [-0.15, -0.1) is 0 Å². The normalized spacial score (nSPS) is 31.2. The molecule has 1 rings (SSSR count). The minimum Gasteiger partial charge on any atom is -0.395 e. The van der Waals surface area contributed by atoms with Gasteiger partial charge in [0.25, 0.3) is 0 Å². The second-order valence-corrected chi connectivity index (χ2v) is 3.91. The zero-order valence-corrected chi connectivity index (χ0v) is 8.23. The topological polar surface area (TPSA) is 61.7 Å². The summed E-state index contributed by atoms with van der Waals surface area (Å²) in [6, 6.07) is 0.0147. The number of nitrogens with one attached hydrogen (secondary N) is 1. The molecule has 78 valence electrons. The van der Waals surface area contributed by atoms with Crippen molar-refractivity contribution >= 4 is 0 Å². The number of ether oxygens (including phenoxy) is 1. The van der Waals surface area contributed by atoms with Gasteiger partial charge in [-0.3, -0.25) is 0 Å². The first-order valence-electron chi connectivity index (χ1n) is 4.78. The first-order valence-corrected chi connectivity index (χ1v) is 4.78. The van der Waals surface area contributed by atoms with Gasteiger partial charge in [-0.05, 0) is 5.92 Å². The van der Waals surface area contributed by atoms with Crippen LogP contribution in [0.25, 0.3) is 0 Å². The Morgan fingerprint density at radius 3 is 2.54 bits per heavy atom. The number of aliphatic hydroxyl groups excluding tert-OH is 2. The van der Waals surface area contributed by atoms with Gasteiger partial charge >= 0.3 is 0 Å². The van der Waals surface area contributed by atoms with Gasteiger partial charge in [-0.1, -0.05) is 13.8 Å². The Morgan fingerprint density at radius 2 is 2.15 bits per heavy atom. The monoisotopic (exact) mass is 189 g/mol. The van der Waals surface area contributed by atoms with E-state index in [4.69, 9.17) is 9.84 Å². The zero-order chi connectivity index (χ0) is 9.84. The van der Waals surface area contributed by atoms with Crippen molar-refractivity contribution in [1.29, 1.82) is 0 Å². The molecule has 0 aromatic carbocycles. The molecule has 0 amide bonds. The minimum atomic E-state index is -0.437. The summed E-state index contributed by atoms with van der Waals surface area (Å²) in [4.78, 5) is 0. The quantitative estimate of drug-likeness (QED) is 0.550. The highest BCUT2D eigenvalue weighted by Gasteiger charge is 2.28. The average molecular weight is 189 g/mol. The summed E-state index contributed by atoms with van der Waals surface area (Å²) in [5.74, 6) is 0.359. The highest BCUT2D eigenvalue weighted by atomic mass is 16.5. The van der Waals surface area contributed by atoms with Gasteiger partial charge in [-0.25, -0.2) is 0 Å². The Labute approximate surface area is 78.9 Å². The first kappa shape index (κ1) is 10.9. The lowest BCUT2D eigenvalue weighted by Gasteiger charge is -2.25. The van der Waals surface area contributed by atoms with Crippen LogP contribution in [0.4, 0.5) is 0 Å². The van der Waals surface area contributed by atoms with E-state index in [2.05, 4.69) is 5.32 Å². The smallest absolute Gasteiger partial charge is 0.0948 e. The minimum absolute atomic E-state index is 0.0282. The molecule has 1 aliphatic heterocycles. The SMILES string of the molecule is CC(C)[C@@H](CO)NC1COCC1O. The molecule has 1 fully saturated rings. The molecule has 1 heterocycles. The Morgan fingerprint density at radius 1 is 1.46 bits per heavy atom. The molecule has 3 atom stereocenters. The van der Waals surface area contributed by atoms with Gasteiger partial charge in [0.1, 0.15) is 0 Å². The van der Waals surface area contributed by atoms with Crippen molar-refractivity contribution in [3.63, 3.8) is 0 Å². The summed E-state index contributed by atoms with van der Waals surface area (Å²) >= 11 is 0. The fraction of sp³-hybridized carbons (Fsp3) is 1.00. The van der Waals surface area contributed by atoms with Crippen LogP contribution in [0.15, 0.2) is 0 Å². The molecule has 4 heteroatoms. The molecule has 13 heavy (non-hydrogen) atoms. The molecule has 1 aliphatic rings. The largest absolute Gasteiger partial charge is 0.395 e. The molecule has 4 nitrogen and oxygen atoms in total. The Hall–Kier alpha value is -0.160. The van der Waals surface area contributed by atoms with E-state index in [1.807, 2.05) is 13.8 Å². The molecule has 3 N–H and O–H groups in total. The third-order valence-corrected chi connectivity index (χ3v) is 2.48. The predicted molar refractivity (Wildman–Crippen MR) is 49.5 cm³/mol. The van der Waals surface area contributed by atoms with Gasteiger partial charge < -0.3 is 20.3 Å². The van der Waals surface area contributed by atoms with E-state index in [-0.39, 0.29) is 18.7 Å². The highest BCUT2D eigenvalue weighted by molar-refractivity contribution is 4.84. The summed E-state index contributed by atoms with van der Waals surface area (Å²) in [6.07, 6.45) is -0.437. The molecule has 1 saturated heterocycles. The van der Waals surface area contributed by atoms with Gasteiger partial charge in [0.15, 0.2) is 0 Å². The molecular weight excluding hydrogens is 170 g/mol. The summed E-state index contributed by atoms with van der Waals surface area (Å²) < 4.78 is 5.10. The summed E-state index contributed by atoms with van der Waals surface area (Å²) in [5, 5.41) is 21.7. The molecule has 0 bridgehead atoms. The Balaban J connectivity index is 2.36. The van der Waals surface area contributed by atoms with Crippen LogP contribution in [0, 0.1) is 5.92 Å². The Kier molecular flexibility index (Phi) is 4.12. The maximum Gasteiger partial charge on any atom is 0.0948 e. The summed E-state index contributed by atoms with van der Waals surface area (Å²) in [7, 11) is 0. The standard InChI is InChI=1S/C9H19NO3/c1-6(2)7(3-11)10-8-4-13-5-9(8)12/h6-12H,3-5H2,1-2H3/t7-,8?,9?/m1/s1. The van der Waals surface area contributed by atoms with Crippen LogP contribution in [0.3, 0.4) is 0 Å². The van der Waals surface area contributed by atoms with Crippen LogP contribution >= 0.6 is 0 Å². The van der Waals surface area contributed by atoms with E-state index < -0.39 is 6.10 Å². The number of hydrogen-bond acceptors (Lipinski definition) is 4. The number of rotatable bonds is 4. The van der Waals surface area contributed by atoms with E-state index >= 15 is 0 Å². The van der Waals surface area contributed by atoms with Gasteiger partial charge in [0.05, 0.1) is 32.0 Å². The van der Waals surface area contributed by atoms with Crippen LogP contribution < -0.4 is 5.32 Å². The zero-order valence-electron chi connectivity index (χ0n) is 8.23. The molecule has 0 saturated carbocycles. The number of aliphatic hydroxyl groups is 2. The average Bonchev–Trinajstić information content (AvgIpc) is 2.46.